The maximum Gasteiger partial charge on any atom is 0.243 e. The minimum atomic E-state index is -3.57. The third-order valence-electron chi connectivity index (χ3n) is 7.47. The summed E-state index contributed by atoms with van der Waals surface area (Å²) < 4.78 is 41.4. The van der Waals surface area contributed by atoms with Crippen molar-refractivity contribution in [2.24, 2.45) is 0 Å². The largest absolute Gasteiger partial charge is 0.349 e. The number of hydrogen-bond acceptors (Lipinski definition) is 5. The Bertz CT molecular complexity index is 1650. The number of pyridine rings is 1. The van der Waals surface area contributed by atoms with E-state index in [9.17, 15) is 22.4 Å². The summed E-state index contributed by atoms with van der Waals surface area (Å²) in [7, 11) is -3.57. The topological polar surface area (TPSA) is 108 Å². The summed E-state index contributed by atoms with van der Waals surface area (Å²) in [6, 6.07) is 26.5. The van der Waals surface area contributed by atoms with Crippen molar-refractivity contribution in [1.82, 2.24) is 19.9 Å². The smallest absolute Gasteiger partial charge is 0.243 e. The van der Waals surface area contributed by atoms with Crippen molar-refractivity contribution >= 4 is 21.8 Å². The first-order valence-corrected chi connectivity index (χ1v) is 16.1. The van der Waals surface area contributed by atoms with Gasteiger partial charge in [-0.1, -0.05) is 60.7 Å². The fourth-order valence-electron chi connectivity index (χ4n) is 4.86. The molecular formula is C34H35FN4O4S. The highest BCUT2D eigenvalue weighted by molar-refractivity contribution is 7.89. The first-order valence-electron chi connectivity index (χ1n) is 14.6. The van der Waals surface area contributed by atoms with Gasteiger partial charge in [0.1, 0.15) is 11.9 Å². The zero-order chi connectivity index (χ0) is 30.9. The van der Waals surface area contributed by atoms with Crippen LogP contribution in [0.3, 0.4) is 0 Å². The van der Waals surface area contributed by atoms with E-state index >= 15 is 0 Å². The Hall–Kier alpha value is -4.41. The van der Waals surface area contributed by atoms with Gasteiger partial charge in [0.25, 0.3) is 0 Å². The number of halogens is 1. The molecule has 0 unspecified atom stereocenters. The molecule has 1 aliphatic rings. The quantitative estimate of drug-likeness (QED) is 0.217. The van der Waals surface area contributed by atoms with E-state index in [1.54, 1.807) is 53.6 Å². The Kier molecular flexibility index (Phi) is 10.1. The lowest BCUT2D eigenvalue weighted by Gasteiger charge is -2.31. The number of amides is 2. The predicted octanol–water partition coefficient (Wildman–Crippen LogP) is 4.55. The zero-order valence-corrected chi connectivity index (χ0v) is 25.0. The van der Waals surface area contributed by atoms with E-state index in [1.807, 2.05) is 42.5 Å². The molecule has 228 valence electrons. The molecule has 2 N–H and O–H groups in total. The monoisotopic (exact) mass is 614 g/mol. The van der Waals surface area contributed by atoms with Crippen LogP contribution in [0.4, 0.5) is 4.39 Å². The van der Waals surface area contributed by atoms with E-state index in [-0.39, 0.29) is 48.7 Å². The summed E-state index contributed by atoms with van der Waals surface area (Å²) >= 11 is 0. The summed E-state index contributed by atoms with van der Waals surface area (Å²) in [6.45, 7) is 0.312. The fourth-order valence-corrected chi connectivity index (χ4v) is 6.16. The molecule has 1 atom stereocenters. The van der Waals surface area contributed by atoms with Gasteiger partial charge in [-0.2, -0.15) is 0 Å². The van der Waals surface area contributed by atoms with Crippen molar-refractivity contribution in [1.29, 1.82) is 0 Å². The van der Waals surface area contributed by atoms with Crippen LogP contribution in [0.25, 0.3) is 0 Å². The maximum atomic E-state index is 13.9. The van der Waals surface area contributed by atoms with Crippen LogP contribution in [0.1, 0.15) is 41.6 Å². The molecule has 3 aromatic carbocycles. The Balaban J connectivity index is 1.36. The van der Waals surface area contributed by atoms with E-state index in [2.05, 4.69) is 15.0 Å². The van der Waals surface area contributed by atoms with Crippen LogP contribution in [-0.2, 0) is 45.5 Å². The van der Waals surface area contributed by atoms with Crippen molar-refractivity contribution in [2.45, 2.75) is 62.2 Å². The Morgan fingerprint density at radius 1 is 0.864 bits per heavy atom. The van der Waals surface area contributed by atoms with Gasteiger partial charge in [0, 0.05) is 31.6 Å². The van der Waals surface area contributed by atoms with E-state index in [0.717, 1.165) is 24.0 Å². The van der Waals surface area contributed by atoms with Gasteiger partial charge in [-0.3, -0.25) is 14.6 Å². The highest BCUT2D eigenvalue weighted by atomic mass is 32.2. The summed E-state index contributed by atoms with van der Waals surface area (Å²) in [5, 5.41) is 2.94. The highest BCUT2D eigenvalue weighted by Crippen LogP contribution is 2.23. The molecule has 0 bridgehead atoms. The van der Waals surface area contributed by atoms with Crippen LogP contribution in [0.5, 0.6) is 0 Å². The molecule has 1 heterocycles. The molecular weight excluding hydrogens is 579 g/mol. The molecule has 0 spiro atoms. The number of hydrogen-bond donors (Lipinski definition) is 2. The van der Waals surface area contributed by atoms with Gasteiger partial charge in [0.15, 0.2) is 0 Å². The predicted molar refractivity (Wildman–Crippen MR) is 165 cm³/mol. The lowest BCUT2D eigenvalue weighted by Crippen LogP contribution is -2.50. The normalized spacial score (nSPS) is 13.7. The molecule has 0 saturated heterocycles. The van der Waals surface area contributed by atoms with Crippen LogP contribution >= 0.6 is 0 Å². The molecule has 1 aromatic heterocycles. The number of sulfonamides is 1. The van der Waals surface area contributed by atoms with E-state index < -0.39 is 21.9 Å². The second-order valence-electron chi connectivity index (χ2n) is 10.9. The van der Waals surface area contributed by atoms with E-state index in [4.69, 9.17) is 0 Å². The molecule has 1 aliphatic carbocycles. The van der Waals surface area contributed by atoms with Crippen LogP contribution in [0.2, 0.25) is 0 Å². The molecule has 10 heteroatoms. The van der Waals surface area contributed by atoms with Crippen LogP contribution in [-0.4, -0.2) is 42.2 Å². The van der Waals surface area contributed by atoms with Gasteiger partial charge < -0.3 is 10.2 Å². The Morgan fingerprint density at radius 3 is 2.20 bits per heavy atom. The van der Waals surface area contributed by atoms with Crippen molar-refractivity contribution in [3.05, 3.63) is 131 Å². The molecule has 1 saturated carbocycles. The summed E-state index contributed by atoms with van der Waals surface area (Å²) in [4.78, 5) is 33.7. The summed E-state index contributed by atoms with van der Waals surface area (Å²) in [5.74, 6) is -0.971. The number of aryl methyl sites for hydroxylation is 1. The van der Waals surface area contributed by atoms with Gasteiger partial charge in [0.05, 0.1) is 17.1 Å². The first kappa shape index (κ1) is 31.0. The molecule has 1 fully saturated rings. The van der Waals surface area contributed by atoms with Gasteiger partial charge >= 0.3 is 0 Å². The Morgan fingerprint density at radius 2 is 1.55 bits per heavy atom. The number of carbonyl (C=O) groups is 2. The molecule has 0 radical (unpaired) electrons. The number of carbonyl (C=O) groups excluding carboxylic acids is 2. The number of aromatic nitrogens is 1. The highest BCUT2D eigenvalue weighted by Gasteiger charge is 2.31. The summed E-state index contributed by atoms with van der Waals surface area (Å²) in [6.07, 6.45) is 4.07. The van der Waals surface area contributed by atoms with Gasteiger partial charge in [-0.05, 0) is 72.4 Å². The number of rotatable bonds is 14. The number of benzene rings is 3. The standard InChI is InChI=1S/C34H35FN4O4S/c35-28-14-9-27(10-15-28)24-39(33(40)20-13-25-11-18-31(19-12-25)44(42,43)38-29-16-17-29)32(22-26-6-2-1-3-7-26)34(41)37-23-30-8-4-5-21-36-30/h1-12,14-15,18-19,21,29,32,38H,13,16-17,20,22-24H2,(H,37,41)/t32-/m1/s1. The SMILES string of the molecule is O=C(NCc1ccccn1)[C@@H](Cc1ccccc1)N(Cc1ccc(F)cc1)C(=O)CCc1ccc(S(=O)(=O)NC2CC2)cc1. The molecule has 0 aliphatic heterocycles. The minimum absolute atomic E-state index is 0.00868. The lowest BCUT2D eigenvalue weighted by molar-refractivity contribution is -0.141. The average Bonchev–Trinajstić information content (AvgIpc) is 3.86. The van der Waals surface area contributed by atoms with E-state index in [0.29, 0.717) is 17.7 Å². The van der Waals surface area contributed by atoms with Crippen molar-refractivity contribution < 1.29 is 22.4 Å². The van der Waals surface area contributed by atoms with Gasteiger partial charge in [-0.15, -0.1) is 0 Å². The van der Waals surface area contributed by atoms with Crippen molar-refractivity contribution in [2.75, 3.05) is 0 Å². The Labute approximate surface area is 257 Å². The van der Waals surface area contributed by atoms with Crippen molar-refractivity contribution in [3.8, 4) is 0 Å². The van der Waals surface area contributed by atoms with Crippen LogP contribution in [0, 0.1) is 5.82 Å². The zero-order valence-electron chi connectivity index (χ0n) is 24.2. The molecule has 5 rings (SSSR count). The lowest BCUT2D eigenvalue weighted by atomic mass is 10.0. The third-order valence-corrected chi connectivity index (χ3v) is 9.00. The summed E-state index contributed by atoms with van der Waals surface area (Å²) in [5.41, 5.74) is 3.06. The second kappa shape index (κ2) is 14.4. The molecule has 2 amide bonds. The second-order valence-corrected chi connectivity index (χ2v) is 12.6. The number of nitrogens with zero attached hydrogens (tertiary/aromatic N) is 2. The van der Waals surface area contributed by atoms with Gasteiger partial charge in [0.2, 0.25) is 21.8 Å². The van der Waals surface area contributed by atoms with Crippen LogP contribution in [0.15, 0.2) is 108 Å². The maximum absolute atomic E-state index is 13.9. The molecule has 4 aromatic rings. The minimum Gasteiger partial charge on any atom is -0.349 e. The molecule has 44 heavy (non-hydrogen) atoms. The van der Waals surface area contributed by atoms with Gasteiger partial charge in [-0.25, -0.2) is 17.5 Å². The van der Waals surface area contributed by atoms with Crippen LogP contribution < -0.4 is 10.0 Å². The fraction of sp³-hybridized carbons (Fsp3) is 0.265. The first-order chi connectivity index (χ1) is 21.3. The molecule has 8 nitrogen and oxygen atoms in total. The van der Waals surface area contributed by atoms with Crippen molar-refractivity contribution in [3.63, 3.8) is 0 Å². The number of nitrogens with one attached hydrogen (secondary N) is 2. The third kappa shape index (κ3) is 8.81. The van der Waals surface area contributed by atoms with E-state index in [1.165, 1.54) is 12.1 Å². The average molecular weight is 615 g/mol.